The number of aliphatic hydroxyl groups is 1. The van der Waals surface area contributed by atoms with E-state index in [9.17, 15) is 5.11 Å². The van der Waals surface area contributed by atoms with Gasteiger partial charge in [-0.2, -0.15) is 0 Å². The standard InChI is InChI=1S/C17H19N3O/c1-2-3-9-16-18-14-10-13(12-7-5-4-6-8-12)15(11-21)19-17(14)20-16/h4-8,10,21H,2-3,9,11H2,1H3,(H,18,19,20). The SMILES string of the molecule is CCCCc1nc2nc(CO)c(-c3ccccc3)cc2[nH]1. The monoisotopic (exact) mass is 281 g/mol. The largest absolute Gasteiger partial charge is 0.390 e. The summed E-state index contributed by atoms with van der Waals surface area (Å²) in [5, 5.41) is 9.59. The highest BCUT2D eigenvalue weighted by Crippen LogP contribution is 2.26. The molecule has 4 heteroatoms. The second-order valence-electron chi connectivity index (χ2n) is 5.16. The van der Waals surface area contributed by atoms with Crippen molar-refractivity contribution in [2.75, 3.05) is 0 Å². The molecule has 3 rings (SSSR count). The number of rotatable bonds is 5. The van der Waals surface area contributed by atoms with Crippen LogP contribution in [0.2, 0.25) is 0 Å². The van der Waals surface area contributed by atoms with Crippen molar-refractivity contribution >= 4 is 11.2 Å². The predicted octanol–water partition coefficient (Wildman–Crippen LogP) is 3.46. The number of aromatic amines is 1. The Morgan fingerprint density at radius 1 is 1.14 bits per heavy atom. The highest BCUT2D eigenvalue weighted by atomic mass is 16.3. The van der Waals surface area contributed by atoms with Gasteiger partial charge in [-0.3, -0.25) is 0 Å². The highest BCUT2D eigenvalue weighted by molar-refractivity contribution is 5.80. The van der Waals surface area contributed by atoms with Crippen LogP contribution in [0, 0.1) is 0 Å². The molecule has 0 amide bonds. The molecular weight excluding hydrogens is 262 g/mol. The third kappa shape index (κ3) is 2.81. The van der Waals surface area contributed by atoms with E-state index in [1.807, 2.05) is 36.4 Å². The van der Waals surface area contributed by atoms with Crippen molar-refractivity contribution in [2.24, 2.45) is 0 Å². The summed E-state index contributed by atoms with van der Waals surface area (Å²) < 4.78 is 0. The first kappa shape index (κ1) is 13.8. The summed E-state index contributed by atoms with van der Waals surface area (Å²) in [5.41, 5.74) is 4.29. The molecule has 0 fully saturated rings. The number of hydrogen-bond acceptors (Lipinski definition) is 3. The Balaban J connectivity index is 2.07. The molecule has 0 saturated carbocycles. The summed E-state index contributed by atoms with van der Waals surface area (Å²) in [4.78, 5) is 12.4. The van der Waals surface area contributed by atoms with Crippen LogP contribution in [0.4, 0.5) is 0 Å². The van der Waals surface area contributed by atoms with Crippen molar-refractivity contribution < 1.29 is 5.11 Å². The van der Waals surface area contributed by atoms with E-state index >= 15 is 0 Å². The summed E-state index contributed by atoms with van der Waals surface area (Å²) in [6, 6.07) is 12.0. The van der Waals surface area contributed by atoms with Gasteiger partial charge in [0.25, 0.3) is 0 Å². The van der Waals surface area contributed by atoms with E-state index in [1.54, 1.807) is 0 Å². The van der Waals surface area contributed by atoms with E-state index in [2.05, 4.69) is 21.9 Å². The van der Waals surface area contributed by atoms with E-state index in [4.69, 9.17) is 0 Å². The maximum absolute atomic E-state index is 9.59. The van der Waals surface area contributed by atoms with Gasteiger partial charge in [-0.05, 0) is 18.1 Å². The molecule has 0 aliphatic carbocycles. The topological polar surface area (TPSA) is 61.8 Å². The van der Waals surface area contributed by atoms with Gasteiger partial charge in [-0.25, -0.2) is 9.97 Å². The van der Waals surface area contributed by atoms with Crippen LogP contribution in [0.25, 0.3) is 22.3 Å². The predicted molar refractivity (Wildman–Crippen MR) is 83.9 cm³/mol. The van der Waals surface area contributed by atoms with Gasteiger partial charge in [0.15, 0.2) is 5.65 Å². The molecule has 0 aliphatic heterocycles. The van der Waals surface area contributed by atoms with Gasteiger partial charge in [-0.15, -0.1) is 0 Å². The van der Waals surface area contributed by atoms with Crippen LogP contribution in [-0.2, 0) is 13.0 Å². The summed E-state index contributed by atoms with van der Waals surface area (Å²) in [6.45, 7) is 2.08. The molecule has 0 atom stereocenters. The van der Waals surface area contributed by atoms with Gasteiger partial charge in [0.2, 0.25) is 0 Å². The van der Waals surface area contributed by atoms with Gasteiger partial charge in [0.1, 0.15) is 5.82 Å². The maximum Gasteiger partial charge on any atom is 0.178 e. The Bertz CT molecular complexity index is 734. The first-order valence-corrected chi connectivity index (χ1v) is 7.36. The van der Waals surface area contributed by atoms with Gasteiger partial charge < -0.3 is 10.1 Å². The molecule has 4 nitrogen and oxygen atoms in total. The van der Waals surface area contributed by atoms with Crippen LogP contribution in [-0.4, -0.2) is 20.1 Å². The second kappa shape index (κ2) is 6.06. The van der Waals surface area contributed by atoms with Crippen molar-refractivity contribution in [1.29, 1.82) is 0 Å². The number of hydrogen-bond donors (Lipinski definition) is 2. The molecule has 3 aromatic rings. The van der Waals surface area contributed by atoms with Crippen molar-refractivity contribution in [3.8, 4) is 11.1 Å². The summed E-state index contributed by atoms with van der Waals surface area (Å²) in [5.74, 6) is 0.966. The summed E-state index contributed by atoms with van der Waals surface area (Å²) >= 11 is 0. The molecule has 2 N–H and O–H groups in total. The molecule has 108 valence electrons. The fourth-order valence-corrected chi connectivity index (χ4v) is 2.48. The van der Waals surface area contributed by atoms with Crippen LogP contribution in [0.1, 0.15) is 31.3 Å². The Morgan fingerprint density at radius 3 is 2.67 bits per heavy atom. The number of nitrogens with zero attached hydrogens (tertiary/aromatic N) is 2. The fraction of sp³-hybridized carbons (Fsp3) is 0.294. The molecule has 0 spiro atoms. The molecule has 1 aromatic carbocycles. The number of nitrogens with one attached hydrogen (secondary N) is 1. The van der Waals surface area contributed by atoms with Crippen LogP contribution < -0.4 is 0 Å². The molecule has 2 aromatic heterocycles. The molecule has 0 unspecified atom stereocenters. The molecule has 2 heterocycles. The molecule has 0 radical (unpaired) electrons. The van der Waals surface area contributed by atoms with Crippen molar-refractivity contribution in [2.45, 2.75) is 32.8 Å². The quantitative estimate of drug-likeness (QED) is 0.753. The number of aryl methyl sites for hydroxylation is 1. The Labute approximate surface area is 123 Å². The molecule has 0 aliphatic rings. The third-order valence-electron chi connectivity index (χ3n) is 3.60. The molecule has 21 heavy (non-hydrogen) atoms. The van der Waals surface area contributed by atoms with Crippen LogP contribution >= 0.6 is 0 Å². The number of aromatic nitrogens is 3. The molecule has 0 saturated heterocycles. The maximum atomic E-state index is 9.59. The summed E-state index contributed by atoms with van der Waals surface area (Å²) in [6.07, 6.45) is 3.18. The van der Waals surface area contributed by atoms with Crippen molar-refractivity contribution in [1.82, 2.24) is 15.0 Å². The van der Waals surface area contributed by atoms with Gasteiger partial charge >= 0.3 is 0 Å². The molecular formula is C17H19N3O. The highest BCUT2D eigenvalue weighted by Gasteiger charge is 2.11. The summed E-state index contributed by atoms with van der Waals surface area (Å²) in [7, 11) is 0. The lowest BCUT2D eigenvalue weighted by molar-refractivity contribution is 0.278. The number of unbranched alkanes of at least 4 members (excludes halogenated alkanes) is 1. The second-order valence-corrected chi connectivity index (χ2v) is 5.16. The lowest BCUT2D eigenvalue weighted by Gasteiger charge is -2.06. The van der Waals surface area contributed by atoms with Crippen molar-refractivity contribution in [3.63, 3.8) is 0 Å². The number of aliphatic hydroxyl groups excluding tert-OH is 1. The van der Waals surface area contributed by atoms with Gasteiger partial charge in [0, 0.05) is 12.0 Å². The lowest BCUT2D eigenvalue weighted by atomic mass is 10.0. The zero-order valence-electron chi connectivity index (χ0n) is 12.1. The minimum atomic E-state index is -0.0860. The van der Waals surface area contributed by atoms with Crippen LogP contribution in [0.5, 0.6) is 0 Å². The fourth-order valence-electron chi connectivity index (χ4n) is 2.48. The zero-order chi connectivity index (χ0) is 14.7. The normalized spacial score (nSPS) is 11.1. The zero-order valence-corrected chi connectivity index (χ0v) is 12.1. The van der Waals surface area contributed by atoms with E-state index in [-0.39, 0.29) is 6.61 Å². The van der Waals surface area contributed by atoms with E-state index in [1.165, 1.54) is 0 Å². The first-order valence-electron chi connectivity index (χ1n) is 7.36. The van der Waals surface area contributed by atoms with Crippen LogP contribution in [0.15, 0.2) is 36.4 Å². The van der Waals surface area contributed by atoms with Gasteiger partial charge in [-0.1, -0.05) is 43.7 Å². The number of fused-ring (bicyclic) bond motifs is 1. The average Bonchev–Trinajstić information content (AvgIpc) is 2.94. The number of benzene rings is 1. The van der Waals surface area contributed by atoms with E-state index in [0.29, 0.717) is 11.3 Å². The van der Waals surface area contributed by atoms with E-state index < -0.39 is 0 Å². The number of imidazole rings is 1. The van der Waals surface area contributed by atoms with E-state index in [0.717, 1.165) is 41.7 Å². The smallest absolute Gasteiger partial charge is 0.178 e. The first-order chi connectivity index (χ1) is 10.3. The Morgan fingerprint density at radius 2 is 1.95 bits per heavy atom. The number of pyridine rings is 1. The third-order valence-corrected chi connectivity index (χ3v) is 3.60. The van der Waals surface area contributed by atoms with Crippen LogP contribution in [0.3, 0.4) is 0 Å². The lowest BCUT2D eigenvalue weighted by Crippen LogP contribution is -1.95. The molecule has 0 bridgehead atoms. The van der Waals surface area contributed by atoms with Crippen molar-refractivity contribution in [3.05, 3.63) is 47.9 Å². The average molecular weight is 281 g/mol. The minimum Gasteiger partial charge on any atom is -0.390 e. The Kier molecular flexibility index (Phi) is 3.97. The minimum absolute atomic E-state index is 0.0860. The van der Waals surface area contributed by atoms with Gasteiger partial charge in [0.05, 0.1) is 17.8 Å². The Hall–Kier alpha value is -2.20. The number of H-pyrrole nitrogens is 1.